The van der Waals surface area contributed by atoms with Gasteiger partial charge in [0, 0.05) is 23.9 Å². The zero-order valence-corrected chi connectivity index (χ0v) is 19.1. The van der Waals surface area contributed by atoms with Crippen LogP contribution in [-0.2, 0) is 16.7 Å². The number of nitrogens with one attached hydrogen (secondary N) is 2. The van der Waals surface area contributed by atoms with Crippen LogP contribution in [-0.4, -0.2) is 66.9 Å². The molecule has 0 amide bonds. The van der Waals surface area contributed by atoms with Gasteiger partial charge in [0.05, 0.1) is 24.3 Å². The van der Waals surface area contributed by atoms with Gasteiger partial charge in [-0.15, -0.1) is 0 Å². The first-order valence-corrected chi connectivity index (χ1v) is 11.6. The number of hydrogen-bond donors (Lipinski definition) is 4. The minimum absolute atomic E-state index is 0.248. The summed E-state index contributed by atoms with van der Waals surface area (Å²) >= 11 is 0. The molecule has 0 spiro atoms. The average Bonchev–Trinajstić information content (AvgIpc) is 3.06. The number of ether oxygens (including phenoxy) is 1. The smallest absolute Gasteiger partial charge is 0.261 e. The zero-order chi connectivity index (χ0) is 23.6. The Bertz CT molecular complexity index is 1210. The van der Waals surface area contributed by atoms with Crippen molar-refractivity contribution < 1.29 is 28.1 Å². The molecule has 12 heteroatoms. The van der Waals surface area contributed by atoms with Gasteiger partial charge >= 0.3 is 0 Å². The average molecular weight is 466 g/mol. The fourth-order valence-electron chi connectivity index (χ4n) is 3.56. The van der Waals surface area contributed by atoms with Crippen molar-refractivity contribution in [1.82, 2.24) is 14.7 Å². The third-order valence-corrected chi connectivity index (χ3v) is 4.87. The number of methoxy groups -OCH3 is 1. The van der Waals surface area contributed by atoms with Crippen LogP contribution in [0.2, 0.25) is 0 Å². The van der Waals surface area contributed by atoms with E-state index >= 15 is 0 Å². The molecule has 0 radical (unpaired) electrons. The maximum atomic E-state index is 11.7. The van der Waals surface area contributed by atoms with Crippen molar-refractivity contribution in [2.75, 3.05) is 39.3 Å². The highest BCUT2D eigenvalue weighted by Crippen LogP contribution is 2.46. The lowest BCUT2D eigenvalue weighted by molar-refractivity contribution is -0.990. The summed E-state index contributed by atoms with van der Waals surface area (Å²) in [5, 5.41) is 29.4. The van der Waals surface area contributed by atoms with Gasteiger partial charge in [-0.2, -0.15) is 18.7 Å². The van der Waals surface area contributed by atoms with Gasteiger partial charge < -0.3 is 20.2 Å². The number of anilines is 2. The molecule has 1 unspecified atom stereocenters. The maximum Gasteiger partial charge on any atom is 0.261 e. The normalized spacial score (nSPS) is 13.2. The second-order valence-corrected chi connectivity index (χ2v) is 9.15. The van der Waals surface area contributed by atoms with Gasteiger partial charge in [0.1, 0.15) is 17.1 Å². The number of nitrogens with zero attached hydrogens (tertiary/aromatic N) is 3. The van der Waals surface area contributed by atoms with Gasteiger partial charge in [0.2, 0.25) is 0 Å². The fraction of sp³-hybridized carbons (Fsp3) is 0.350. The Morgan fingerprint density at radius 1 is 1.28 bits per heavy atom. The van der Waals surface area contributed by atoms with E-state index in [0.29, 0.717) is 11.9 Å². The standard InChI is InChI=1S/C19H23N5O3.CH4O3S/c1-22(2)9-4-10-23-15-7-8-16(24(25)26)19-17(15)18(21-23)13-11-12(27-3)5-6-14(13)20-19;1-5(2,3)4/h5-8,11,20,24-25H,4,9-10H2,1-3H3;1H3,(H,2,3,4). The Morgan fingerprint density at radius 3 is 2.56 bits per heavy atom. The molecular weight excluding hydrogens is 438 g/mol. The molecule has 4 N–H and O–H groups in total. The predicted octanol–water partition coefficient (Wildman–Crippen LogP) is 1.63. The van der Waals surface area contributed by atoms with Crippen LogP contribution in [0.15, 0.2) is 30.3 Å². The van der Waals surface area contributed by atoms with E-state index in [9.17, 15) is 18.8 Å². The van der Waals surface area contributed by atoms with Crippen LogP contribution in [0.4, 0.5) is 17.1 Å². The summed E-state index contributed by atoms with van der Waals surface area (Å²) < 4.78 is 33.2. The van der Waals surface area contributed by atoms with Gasteiger partial charge in [-0.3, -0.25) is 9.23 Å². The van der Waals surface area contributed by atoms with Gasteiger partial charge in [-0.1, -0.05) is 0 Å². The van der Waals surface area contributed by atoms with Crippen molar-refractivity contribution in [3.8, 4) is 17.0 Å². The van der Waals surface area contributed by atoms with E-state index in [0.717, 1.165) is 53.1 Å². The van der Waals surface area contributed by atoms with Crippen LogP contribution >= 0.6 is 0 Å². The van der Waals surface area contributed by atoms with Crippen molar-refractivity contribution in [2.24, 2.45) is 0 Å². The topological polar surface area (TPSA) is 144 Å². The van der Waals surface area contributed by atoms with Gasteiger partial charge in [-0.25, -0.2) is 5.21 Å². The minimum Gasteiger partial charge on any atom is -0.595 e. The predicted molar refractivity (Wildman–Crippen MR) is 121 cm³/mol. The molecule has 2 heterocycles. The maximum absolute atomic E-state index is 11.7. The molecule has 11 nitrogen and oxygen atoms in total. The molecule has 32 heavy (non-hydrogen) atoms. The molecule has 0 fully saturated rings. The Labute approximate surface area is 186 Å². The van der Waals surface area contributed by atoms with Crippen molar-refractivity contribution in [2.45, 2.75) is 13.0 Å². The highest BCUT2D eigenvalue weighted by atomic mass is 32.2. The van der Waals surface area contributed by atoms with Crippen LogP contribution in [0.3, 0.4) is 0 Å². The van der Waals surface area contributed by atoms with Crippen molar-refractivity contribution in [3.63, 3.8) is 0 Å². The Balaban J connectivity index is 0.000000523. The van der Waals surface area contributed by atoms with E-state index in [1.165, 1.54) is 0 Å². The van der Waals surface area contributed by atoms with Crippen LogP contribution in [0.5, 0.6) is 5.75 Å². The number of quaternary nitrogens is 1. The third-order valence-electron chi connectivity index (χ3n) is 4.87. The Kier molecular flexibility index (Phi) is 7.03. The summed E-state index contributed by atoms with van der Waals surface area (Å²) in [6, 6.07) is 9.18. The van der Waals surface area contributed by atoms with Crippen LogP contribution in [0.1, 0.15) is 6.42 Å². The Morgan fingerprint density at radius 2 is 1.97 bits per heavy atom. The molecule has 3 aromatic rings. The van der Waals surface area contributed by atoms with Crippen molar-refractivity contribution in [3.05, 3.63) is 35.5 Å². The third kappa shape index (κ3) is 5.35. The lowest BCUT2D eigenvalue weighted by Gasteiger charge is -2.22. The summed E-state index contributed by atoms with van der Waals surface area (Å²) in [6.07, 6.45) is 1.67. The molecule has 0 bridgehead atoms. The molecule has 174 valence electrons. The summed E-state index contributed by atoms with van der Waals surface area (Å²) in [5.41, 5.74) is 4.33. The lowest BCUT2D eigenvalue weighted by atomic mass is 9.99. The number of rotatable bonds is 6. The highest BCUT2D eigenvalue weighted by molar-refractivity contribution is 7.85. The molecule has 4 rings (SSSR count). The van der Waals surface area contributed by atoms with E-state index in [4.69, 9.17) is 14.4 Å². The van der Waals surface area contributed by atoms with Crippen molar-refractivity contribution in [1.29, 1.82) is 0 Å². The molecular formula is C20H27N5O6S. The minimum atomic E-state index is -3.67. The van der Waals surface area contributed by atoms with Crippen LogP contribution in [0, 0.1) is 5.21 Å². The fourth-order valence-corrected chi connectivity index (χ4v) is 3.56. The first-order valence-electron chi connectivity index (χ1n) is 9.79. The number of hydrogen-bond acceptors (Lipinski definition) is 8. The second kappa shape index (κ2) is 9.40. The van der Waals surface area contributed by atoms with E-state index in [-0.39, 0.29) is 5.69 Å². The van der Waals surface area contributed by atoms with E-state index in [1.54, 1.807) is 13.2 Å². The molecule has 1 atom stereocenters. The molecule has 1 aliphatic heterocycles. The lowest BCUT2D eigenvalue weighted by Crippen LogP contribution is -2.99. The number of aromatic nitrogens is 2. The van der Waals surface area contributed by atoms with E-state index < -0.39 is 15.3 Å². The van der Waals surface area contributed by atoms with E-state index in [1.807, 2.05) is 43.0 Å². The summed E-state index contributed by atoms with van der Waals surface area (Å²) in [5.74, 6) is 0.740. The molecule has 0 aliphatic carbocycles. The van der Waals surface area contributed by atoms with Crippen LogP contribution < -0.4 is 15.3 Å². The van der Waals surface area contributed by atoms with Gasteiger partial charge in [0.15, 0.2) is 5.69 Å². The summed E-state index contributed by atoms with van der Waals surface area (Å²) in [4.78, 5) is 2.14. The van der Waals surface area contributed by atoms with Crippen molar-refractivity contribution >= 4 is 38.1 Å². The monoisotopic (exact) mass is 465 g/mol. The van der Waals surface area contributed by atoms with Crippen LogP contribution in [0.25, 0.3) is 22.2 Å². The molecule has 1 aromatic heterocycles. The first-order chi connectivity index (χ1) is 15.0. The molecule has 0 saturated carbocycles. The molecule has 1 aliphatic rings. The molecule has 2 aromatic carbocycles. The SMILES string of the molecule is COc1ccc2c(c1)-c1nn(CCCN(C)C)c3ccc([NH+]([O-])O)c(c13)N2.CS(=O)(=O)O. The number of fused-ring (bicyclic) bond motifs is 2. The van der Waals surface area contributed by atoms with Gasteiger partial charge in [-0.05, 0) is 51.3 Å². The largest absolute Gasteiger partial charge is 0.595 e. The number of benzene rings is 2. The molecule has 0 saturated heterocycles. The Hall–Kier alpha value is -2.74. The summed E-state index contributed by atoms with van der Waals surface area (Å²) in [7, 11) is 2.05. The first kappa shape index (κ1) is 23.9. The quantitative estimate of drug-likeness (QED) is 0.247. The number of aryl methyl sites for hydroxylation is 1. The highest BCUT2D eigenvalue weighted by Gasteiger charge is 2.27. The zero-order valence-electron chi connectivity index (χ0n) is 18.3. The second-order valence-electron chi connectivity index (χ2n) is 7.69. The summed E-state index contributed by atoms with van der Waals surface area (Å²) in [6.45, 7) is 1.72. The van der Waals surface area contributed by atoms with E-state index in [2.05, 4.69) is 10.2 Å². The van der Waals surface area contributed by atoms with Gasteiger partial charge in [0.25, 0.3) is 10.1 Å².